The second-order valence-corrected chi connectivity index (χ2v) is 5.16. The van der Waals surface area contributed by atoms with E-state index >= 15 is 0 Å². The Balaban J connectivity index is 1.86. The zero-order valence-electron chi connectivity index (χ0n) is 10.5. The van der Waals surface area contributed by atoms with E-state index in [4.69, 9.17) is 4.74 Å². The van der Waals surface area contributed by atoms with Crippen LogP contribution in [0.25, 0.3) is 0 Å². The van der Waals surface area contributed by atoms with Crippen LogP contribution in [-0.2, 0) is 4.79 Å². The van der Waals surface area contributed by atoms with Gasteiger partial charge in [-0.25, -0.2) is 0 Å². The molecule has 0 aromatic heterocycles. The van der Waals surface area contributed by atoms with Crippen LogP contribution in [0.1, 0.15) is 12.8 Å². The smallest absolute Gasteiger partial charge is 0.262 e. The summed E-state index contributed by atoms with van der Waals surface area (Å²) in [5.74, 6) is 1.85. The summed E-state index contributed by atoms with van der Waals surface area (Å²) in [4.78, 5) is 11.2. The van der Waals surface area contributed by atoms with E-state index in [9.17, 15) is 4.79 Å². The highest BCUT2D eigenvalue weighted by atomic mass is 32.2. The Bertz CT molecular complexity index is 423. The molecule has 2 N–H and O–H groups in total. The number of rotatable bonds is 6. The van der Waals surface area contributed by atoms with Gasteiger partial charge < -0.3 is 15.4 Å². The van der Waals surface area contributed by atoms with Crippen molar-refractivity contribution in [1.82, 2.24) is 0 Å². The van der Waals surface area contributed by atoms with E-state index in [-0.39, 0.29) is 12.5 Å². The summed E-state index contributed by atoms with van der Waals surface area (Å²) >= 11 is 1.87. The van der Waals surface area contributed by atoms with Crippen molar-refractivity contribution in [2.45, 2.75) is 12.8 Å². The van der Waals surface area contributed by atoms with E-state index in [0.717, 1.165) is 30.1 Å². The van der Waals surface area contributed by atoms with Gasteiger partial charge in [0.2, 0.25) is 0 Å². The molecule has 0 unspecified atom stereocenters. The number of carbonyl (C=O) groups excluding carboxylic acids is 1. The van der Waals surface area contributed by atoms with E-state index in [1.807, 2.05) is 30.0 Å². The number of carbonyl (C=O) groups is 1. The van der Waals surface area contributed by atoms with Crippen LogP contribution >= 0.6 is 11.8 Å². The average molecular weight is 266 g/mol. The van der Waals surface area contributed by atoms with Crippen LogP contribution in [0.3, 0.4) is 0 Å². The molecule has 0 atom stereocenters. The van der Waals surface area contributed by atoms with Crippen molar-refractivity contribution in [3.8, 4) is 5.75 Å². The quantitative estimate of drug-likeness (QED) is 0.777. The molecule has 2 rings (SSSR count). The molecule has 18 heavy (non-hydrogen) atoms. The van der Waals surface area contributed by atoms with Gasteiger partial charge in [-0.3, -0.25) is 4.79 Å². The van der Waals surface area contributed by atoms with Crippen LogP contribution in [0.4, 0.5) is 11.4 Å². The fourth-order valence-corrected chi connectivity index (χ4v) is 2.29. The van der Waals surface area contributed by atoms with Crippen molar-refractivity contribution in [2.24, 2.45) is 0 Å². The normalized spacial score (nSPS) is 13.5. The second kappa shape index (κ2) is 6.54. The van der Waals surface area contributed by atoms with Crippen molar-refractivity contribution < 1.29 is 9.53 Å². The zero-order valence-corrected chi connectivity index (χ0v) is 11.3. The van der Waals surface area contributed by atoms with Gasteiger partial charge in [-0.15, -0.1) is 0 Å². The number of amides is 1. The topological polar surface area (TPSA) is 50.4 Å². The summed E-state index contributed by atoms with van der Waals surface area (Å²) in [5.41, 5.74) is 1.77. The minimum absolute atomic E-state index is 0.0976. The first-order valence-corrected chi connectivity index (χ1v) is 7.48. The van der Waals surface area contributed by atoms with E-state index in [0.29, 0.717) is 0 Å². The van der Waals surface area contributed by atoms with Crippen molar-refractivity contribution in [3.05, 3.63) is 18.2 Å². The minimum Gasteiger partial charge on any atom is -0.482 e. The Morgan fingerprint density at radius 3 is 3.17 bits per heavy atom. The molecule has 1 aromatic carbocycles. The largest absolute Gasteiger partial charge is 0.482 e. The Labute approximate surface area is 111 Å². The number of benzene rings is 1. The maximum atomic E-state index is 11.2. The fourth-order valence-electron chi connectivity index (χ4n) is 1.80. The van der Waals surface area contributed by atoms with Crippen LogP contribution in [0.15, 0.2) is 18.2 Å². The number of thioether (sulfide) groups is 1. The molecule has 0 radical (unpaired) electrons. The lowest BCUT2D eigenvalue weighted by Crippen LogP contribution is -2.25. The zero-order chi connectivity index (χ0) is 12.8. The lowest BCUT2D eigenvalue weighted by molar-refractivity contribution is -0.118. The number of unbranched alkanes of at least 4 members (excludes halogenated alkanes) is 1. The van der Waals surface area contributed by atoms with Gasteiger partial charge in [-0.2, -0.15) is 11.8 Å². The van der Waals surface area contributed by atoms with Crippen LogP contribution in [0, 0.1) is 0 Å². The Hall–Kier alpha value is -1.36. The van der Waals surface area contributed by atoms with Gasteiger partial charge in [0.1, 0.15) is 5.75 Å². The van der Waals surface area contributed by atoms with E-state index in [1.165, 1.54) is 12.2 Å². The van der Waals surface area contributed by atoms with Gasteiger partial charge in [0.25, 0.3) is 5.91 Å². The highest BCUT2D eigenvalue weighted by Gasteiger charge is 2.15. The molecular weight excluding hydrogens is 248 g/mol. The number of fused-ring (bicyclic) bond motifs is 1. The van der Waals surface area contributed by atoms with Crippen molar-refractivity contribution in [2.75, 3.05) is 35.8 Å². The van der Waals surface area contributed by atoms with Crippen LogP contribution in [-0.4, -0.2) is 31.1 Å². The first-order valence-electron chi connectivity index (χ1n) is 6.09. The third kappa shape index (κ3) is 3.57. The predicted molar refractivity (Wildman–Crippen MR) is 76.7 cm³/mol. The van der Waals surface area contributed by atoms with Gasteiger partial charge in [0.05, 0.1) is 5.69 Å². The summed E-state index contributed by atoms with van der Waals surface area (Å²) < 4.78 is 5.31. The fraction of sp³-hybridized carbons (Fsp3) is 0.462. The molecule has 0 spiro atoms. The molecule has 0 fully saturated rings. The Morgan fingerprint density at radius 2 is 2.33 bits per heavy atom. The van der Waals surface area contributed by atoms with Gasteiger partial charge >= 0.3 is 0 Å². The van der Waals surface area contributed by atoms with Crippen molar-refractivity contribution >= 4 is 29.0 Å². The summed E-state index contributed by atoms with van der Waals surface area (Å²) in [7, 11) is 0. The molecule has 1 amide bonds. The number of hydrogen-bond donors (Lipinski definition) is 2. The van der Waals surface area contributed by atoms with Gasteiger partial charge in [-0.05, 0) is 43.0 Å². The van der Waals surface area contributed by atoms with E-state index < -0.39 is 0 Å². The van der Waals surface area contributed by atoms with Crippen LogP contribution in [0.2, 0.25) is 0 Å². The van der Waals surface area contributed by atoms with Crippen molar-refractivity contribution in [3.63, 3.8) is 0 Å². The molecule has 1 aliphatic rings. The van der Waals surface area contributed by atoms with E-state index in [2.05, 4.69) is 16.9 Å². The standard InChI is InChI=1S/C13H18N2O2S/c1-18-7-3-2-6-14-10-4-5-12-11(8-10)15-13(16)9-17-12/h4-5,8,14H,2-3,6-7,9H2,1H3,(H,15,16). The van der Waals surface area contributed by atoms with Gasteiger partial charge in [0.15, 0.2) is 6.61 Å². The highest BCUT2D eigenvalue weighted by Crippen LogP contribution is 2.30. The SMILES string of the molecule is CSCCCCNc1ccc2c(c1)NC(=O)CO2. The molecule has 0 saturated heterocycles. The summed E-state index contributed by atoms with van der Waals surface area (Å²) in [6.45, 7) is 1.06. The molecular formula is C13H18N2O2S. The molecule has 5 heteroatoms. The maximum absolute atomic E-state index is 11.2. The Kier molecular flexibility index (Phi) is 4.75. The van der Waals surface area contributed by atoms with Gasteiger partial charge in [-0.1, -0.05) is 0 Å². The number of nitrogens with one attached hydrogen (secondary N) is 2. The minimum atomic E-state index is -0.0976. The van der Waals surface area contributed by atoms with Crippen LogP contribution in [0.5, 0.6) is 5.75 Å². The summed E-state index contributed by atoms with van der Waals surface area (Å²) in [5, 5.41) is 6.16. The molecule has 0 saturated carbocycles. The highest BCUT2D eigenvalue weighted by molar-refractivity contribution is 7.98. The number of hydrogen-bond acceptors (Lipinski definition) is 4. The summed E-state index contributed by atoms with van der Waals surface area (Å²) in [6.07, 6.45) is 4.50. The third-order valence-corrected chi connectivity index (χ3v) is 3.41. The molecule has 1 aliphatic heterocycles. The maximum Gasteiger partial charge on any atom is 0.262 e. The summed E-state index contributed by atoms with van der Waals surface area (Å²) in [6, 6.07) is 5.78. The van der Waals surface area contributed by atoms with Crippen molar-refractivity contribution in [1.29, 1.82) is 0 Å². The average Bonchev–Trinajstić information content (AvgIpc) is 2.38. The van der Waals surface area contributed by atoms with Crippen LogP contribution < -0.4 is 15.4 Å². The first-order chi connectivity index (χ1) is 8.79. The number of anilines is 2. The molecule has 1 aromatic rings. The molecule has 0 aliphatic carbocycles. The second-order valence-electron chi connectivity index (χ2n) is 4.17. The third-order valence-electron chi connectivity index (χ3n) is 2.72. The Morgan fingerprint density at radius 1 is 1.44 bits per heavy atom. The molecule has 4 nitrogen and oxygen atoms in total. The molecule has 1 heterocycles. The lowest BCUT2D eigenvalue weighted by Gasteiger charge is -2.18. The predicted octanol–water partition coefficient (Wildman–Crippen LogP) is 2.57. The first kappa shape index (κ1) is 13.1. The lowest BCUT2D eigenvalue weighted by atomic mass is 10.2. The monoisotopic (exact) mass is 266 g/mol. The van der Waals surface area contributed by atoms with Gasteiger partial charge in [0, 0.05) is 12.2 Å². The molecule has 0 bridgehead atoms. The number of ether oxygens (including phenoxy) is 1. The molecule has 98 valence electrons. The van der Waals surface area contributed by atoms with E-state index in [1.54, 1.807) is 0 Å².